The van der Waals surface area contributed by atoms with Crippen molar-refractivity contribution >= 4 is 15.5 Å². The van der Waals surface area contributed by atoms with Crippen LogP contribution in [0.5, 0.6) is 0 Å². The number of anilines is 1. The predicted molar refractivity (Wildman–Crippen MR) is 90.2 cm³/mol. The minimum Gasteiger partial charge on any atom is -0.370 e. The molecule has 0 saturated carbocycles. The highest BCUT2D eigenvalue weighted by molar-refractivity contribution is 7.92. The first-order chi connectivity index (χ1) is 12.2. The molecule has 1 saturated heterocycles. The Morgan fingerprint density at radius 2 is 1.92 bits per heavy atom. The molecule has 1 aromatic rings. The highest BCUT2D eigenvalue weighted by Crippen LogP contribution is 2.32. The lowest BCUT2D eigenvalue weighted by molar-refractivity contribution is -0.302. The minimum absolute atomic E-state index is 0.243. The molecule has 10 heteroatoms. The summed E-state index contributed by atoms with van der Waals surface area (Å²) >= 11 is 0. The van der Waals surface area contributed by atoms with Crippen LogP contribution >= 0.6 is 0 Å². The molecule has 1 aliphatic heterocycles. The molecule has 0 aliphatic carbocycles. The fraction of sp³-hybridized carbons (Fsp3) is 0.688. The Morgan fingerprint density at radius 3 is 2.46 bits per heavy atom. The Kier molecular flexibility index (Phi) is 6.86. The number of hydrogen-bond acceptors (Lipinski definition) is 6. The fourth-order valence-corrected chi connectivity index (χ4v) is 4.84. The largest absolute Gasteiger partial charge is 0.417 e. The molecule has 6 nitrogen and oxygen atoms in total. The van der Waals surface area contributed by atoms with Crippen LogP contribution in [-0.4, -0.2) is 43.8 Å². The fourth-order valence-electron chi connectivity index (χ4n) is 2.91. The average Bonchev–Trinajstić information content (AvgIpc) is 2.62. The van der Waals surface area contributed by atoms with Crippen molar-refractivity contribution in [2.75, 3.05) is 24.6 Å². The van der Waals surface area contributed by atoms with Gasteiger partial charge >= 0.3 is 6.18 Å². The number of rotatable bonds is 7. The Labute approximate surface area is 151 Å². The molecule has 0 aromatic carbocycles. The quantitative estimate of drug-likeness (QED) is 0.521. The monoisotopic (exact) mass is 396 g/mol. The summed E-state index contributed by atoms with van der Waals surface area (Å²) < 4.78 is 63.8. The Morgan fingerprint density at radius 1 is 1.27 bits per heavy atom. The van der Waals surface area contributed by atoms with Crippen LogP contribution in [0.25, 0.3) is 0 Å². The SMILES string of the molecule is CCOOC(CC)S(=O)(=O)C1CCN(c2cncc(C(F)(F)F)c2)CC1. The molecule has 1 fully saturated rings. The van der Waals surface area contributed by atoms with Gasteiger partial charge in [-0.1, -0.05) is 6.92 Å². The molecule has 0 spiro atoms. The summed E-state index contributed by atoms with van der Waals surface area (Å²) in [6, 6.07) is 1.04. The van der Waals surface area contributed by atoms with Crippen molar-refractivity contribution in [3.05, 3.63) is 24.0 Å². The molecule has 1 atom stereocenters. The van der Waals surface area contributed by atoms with Crippen LogP contribution in [0.4, 0.5) is 18.9 Å². The van der Waals surface area contributed by atoms with Gasteiger partial charge in [0, 0.05) is 19.3 Å². The van der Waals surface area contributed by atoms with Gasteiger partial charge in [0.25, 0.3) is 0 Å². The van der Waals surface area contributed by atoms with Crippen molar-refractivity contribution in [2.45, 2.75) is 50.0 Å². The van der Waals surface area contributed by atoms with Crippen LogP contribution in [0.1, 0.15) is 38.7 Å². The molecule has 148 valence electrons. The first-order valence-corrected chi connectivity index (χ1v) is 10.1. The topological polar surface area (TPSA) is 68.7 Å². The van der Waals surface area contributed by atoms with E-state index in [1.54, 1.807) is 18.7 Å². The minimum atomic E-state index is -4.46. The first kappa shape index (κ1) is 20.9. The number of nitrogens with zero attached hydrogens (tertiary/aromatic N) is 2. The maximum atomic E-state index is 12.8. The Balaban J connectivity index is 2.05. The smallest absolute Gasteiger partial charge is 0.370 e. The number of hydrogen-bond donors (Lipinski definition) is 0. The Bertz CT molecular complexity index is 689. The lowest BCUT2D eigenvalue weighted by Gasteiger charge is -2.34. The second-order valence-electron chi connectivity index (χ2n) is 6.05. The first-order valence-electron chi connectivity index (χ1n) is 8.48. The zero-order chi connectivity index (χ0) is 19.4. The van der Waals surface area contributed by atoms with E-state index >= 15 is 0 Å². The van der Waals surface area contributed by atoms with E-state index in [2.05, 4.69) is 4.98 Å². The number of halogens is 3. The van der Waals surface area contributed by atoms with E-state index in [0.717, 1.165) is 12.3 Å². The summed E-state index contributed by atoms with van der Waals surface area (Å²) in [5.74, 6) is 0. The van der Waals surface area contributed by atoms with Crippen LogP contribution in [0.3, 0.4) is 0 Å². The van der Waals surface area contributed by atoms with Crippen molar-refractivity contribution in [1.29, 1.82) is 0 Å². The van der Waals surface area contributed by atoms with Gasteiger partial charge in [0.15, 0.2) is 15.3 Å². The van der Waals surface area contributed by atoms with Gasteiger partial charge in [0.1, 0.15) is 0 Å². The van der Waals surface area contributed by atoms with Gasteiger partial charge in [-0.15, -0.1) is 0 Å². The van der Waals surface area contributed by atoms with Crippen LogP contribution < -0.4 is 4.90 Å². The number of aromatic nitrogens is 1. The molecule has 0 N–H and O–H groups in total. The van der Waals surface area contributed by atoms with E-state index in [0.29, 0.717) is 31.6 Å². The van der Waals surface area contributed by atoms with Crippen molar-refractivity contribution in [3.8, 4) is 0 Å². The maximum absolute atomic E-state index is 12.8. The lowest BCUT2D eigenvalue weighted by Crippen LogP contribution is -2.43. The summed E-state index contributed by atoms with van der Waals surface area (Å²) in [5.41, 5.74) is -1.51. The summed E-state index contributed by atoms with van der Waals surface area (Å²) in [5, 5.41) is -0.608. The number of piperidine rings is 1. The highest BCUT2D eigenvalue weighted by atomic mass is 32.2. The Hall–Kier alpha value is -1.39. The molecule has 0 amide bonds. The standard InChI is InChI=1S/C16H23F3N2O4S/c1-3-15(25-24-4-2)26(22,23)14-5-7-21(8-6-14)13-9-12(10-20-11-13)16(17,18)19/h9-11,14-15H,3-8H2,1-2H3. The lowest BCUT2D eigenvalue weighted by atomic mass is 10.1. The summed E-state index contributed by atoms with van der Waals surface area (Å²) in [7, 11) is -3.55. The third-order valence-electron chi connectivity index (χ3n) is 4.32. The van der Waals surface area contributed by atoms with Gasteiger partial charge in [-0.3, -0.25) is 4.98 Å². The zero-order valence-electron chi connectivity index (χ0n) is 14.7. The van der Waals surface area contributed by atoms with E-state index in [9.17, 15) is 21.6 Å². The third-order valence-corrected chi connectivity index (χ3v) is 6.86. The van der Waals surface area contributed by atoms with Gasteiger partial charge in [0.2, 0.25) is 0 Å². The van der Waals surface area contributed by atoms with Gasteiger partial charge < -0.3 is 4.90 Å². The molecule has 1 unspecified atom stereocenters. The van der Waals surface area contributed by atoms with Gasteiger partial charge in [-0.05, 0) is 32.3 Å². The molecule has 26 heavy (non-hydrogen) atoms. The van der Waals surface area contributed by atoms with Crippen molar-refractivity contribution < 1.29 is 31.4 Å². The van der Waals surface area contributed by atoms with Gasteiger partial charge in [-0.2, -0.15) is 13.2 Å². The summed E-state index contributed by atoms with van der Waals surface area (Å²) in [6.07, 6.45) is -1.44. The zero-order valence-corrected chi connectivity index (χ0v) is 15.5. The van der Waals surface area contributed by atoms with Crippen molar-refractivity contribution in [3.63, 3.8) is 0 Å². The molecule has 1 aliphatic rings. The summed E-state index contributed by atoms with van der Waals surface area (Å²) in [4.78, 5) is 15.2. The molecule has 0 radical (unpaired) electrons. The second kappa shape index (κ2) is 8.53. The number of alkyl halides is 3. The van der Waals surface area contributed by atoms with E-state index in [-0.39, 0.29) is 13.0 Å². The van der Waals surface area contributed by atoms with Crippen molar-refractivity contribution in [2.24, 2.45) is 0 Å². The average molecular weight is 396 g/mol. The molecule has 0 bridgehead atoms. The van der Waals surface area contributed by atoms with E-state index in [1.165, 1.54) is 6.20 Å². The van der Waals surface area contributed by atoms with Crippen LogP contribution in [0, 0.1) is 0 Å². The molecule has 2 heterocycles. The molecular formula is C16H23F3N2O4S. The molecule has 1 aromatic heterocycles. The van der Waals surface area contributed by atoms with Gasteiger partial charge in [-0.25, -0.2) is 18.2 Å². The van der Waals surface area contributed by atoms with Crippen LogP contribution in [0.15, 0.2) is 18.5 Å². The van der Waals surface area contributed by atoms with Crippen molar-refractivity contribution in [1.82, 2.24) is 4.98 Å². The predicted octanol–water partition coefficient (Wildman–Crippen LogP) is 3.19. The number of sulfone groups is 1. The molecular weight excluding hydrogens is 373 g/mol. The normalized spacial score (nSPS) is 18.1. The van der Waals surface area contributed by atoms with Gasteiger partial charge in [0.05, 0.1) is 29.3 Å². The van der Waals surface area contributed by atoms with E-state index in [1.807, 2.05) is 0 Å². The van der Waals surface area contributed by atoms with E-state index < -0.39 is 32.3 Å². The van der Waals surface area contributed by atoms with Crippen LogP contribution in [-0.2, 0) is 25.8 Å². The third kappa shape index (κ3) is 4.86. The van der Waals surface area contributed by atoms with E-state index in [4.69, 9.17) is 9.78 Å². The maximum Gasteiger partial charge on any atom is 0.417 e. The second-order valence-corrected chi connectivity index (χ2v) is 8.42. The summed E-state index contributed by atoms with van der Waals surface area (Å²) in [6.45, 7) is 4.30. The number of pyridine rings is 1. The molecule has 2 rings (SSSR count). The van der Waals surface area contributed by atoms with Crippen LogP contribution in [0.2, 0.25) is 0 Å². The highest BCUT2D eigenvalue weighted by Gasteiger charge is 2.37.